The van der Waals surface area contributed by atoms with Crippen molar-refractivity contribution in [3.8, 4) is 0 Å². The van der Waals surface area contributed by atoms with E-state index in [0.717, 1.165) is 35.9 Å². The Balaban J connectivity index is 1.41. The molecule has 4 rings (SSSR count). The number of amides is 2. The number of hydrogen-bond donors (Lipinski definition) is 3. The van der Waals surface area contributed by atoms with E-state index in [1.54, 1.807) is 12.3 Å². The second kappa shape index (κ2) is 8.46. The fraction of sp³-hybridized carbons (Fsp3) is 0.273. The SMILES string of the molecule is NC(=O)[C@H]1CCCN1Cc1ccc(C(=O)NCc2cnc3ccccc3c2)c(=O)[nH]1. The smallest absolute Gasteiger partial charge is 0.261 e. The van der Waals surface area contributed by atoms with Crippen molar-refractivity contribution in [2.45, 2.75) is 32.0 Å². The predicted octanol–water partition coefficient (Wildman–Crippen LogP) is 1.30. The van der Waals surface area contributed by atoms with Crippen LogP contribution >= 0.6 is 0 Å². The number of hydrogen-bond acceptors (Lipinski definition) is 5. The Morgan fingerprint density at radius 1 is 1.23 bits per heavy atom. The molecular weight excluding hydrogens is 382 g/mol. The van der Waals surface area contributed by atoms with E-state index in [4.69, 9.17) is 5.73 Å². The molecule has 0 aliphatic carbocycles. The fourth-order valence-corrected chi connectivity index (χ4v) is 3.83. The first-order valence-electron chi connectivity index (χ1n) is 9.89. The molecule has 1 atom stereocenters. The lowest BCUT2D eigenvalue weighted by Gasteiger charge is -2.21. The van der Waals surface area contributed by atoms with Crippen LogP contribution in [-0.2, 0) is 17.9 Å². The Bertz CT molecular complexity index is 1160. The Morgan fingerprint density at radius 3 is 2.87 bits per heavy atom. The third kappa shape index (κ3) is 4.23. The molecule has 154 valence electrons. The molecule has 0 saturated carbocycles. The van der Waals surface area contributed by atoms with Gasteiger partial charge in [-0.2, -0.15) is 0 Å². The van der Waals surface area contributed by atoms with Gasteiger partial charge in [0.1, 0.15) is 5.56 Å². The molecule has 1 fully saturated rings. The van der Waals surface area contributed by atoms with Gasteiger partial charge in [-0.25, -0.2) is 0 Å². The molecule has 8 heteroatoms. The zero-order chi connectivity index (χ0) is 21.1. The number of pyridine rings is 2. The molecular formula is C22H23N5O3. The number of aromatic amines is 1. The van der Waals surface area contributed by atoms with Crippen LogP contribution in [0, 0.1) is 0 Å². The van der Waals surface area contributed by atoms with Crippen LogP contribution in [0.25, 0.3) is 10.9 Å². The summed E-state index contributed by atoms with van der Waals surface area (Å²) in [6.45, 7) is 1.43. The summed E-state index contributed by atoms with van der Waals surface area (Å²) in [5.74, 6) is -0.804. The van der Waals surface area contributed by atoms with Gasteiger partial charge in [-0.15, -0.1) is 0 Å². The van der Waals surface area contributed by atoms with E-state index in [9.17, 15) is 14.4 Å². The van der Waals surface area contributed by atoms with Crippen molar-refractivity contribution < 1.29 is 9.59 Å². The lowest BCUT2D eigenvalue weighted by atomic mass is 10.1. The van der Waals surface area contributed by atoms with Gasteiger partial charge in [0.2, 0.25) is 5.91 Å². The Morgan fingerprint density at radius 2 is 2.07 bits per heavy atom. The first-order chi connectivity index (χ1) is 14.5. The Hall–Kier alpha value is -3.52. The third-order valence-corrected chi connectivity index (χ3v) is 5.38. The summed E-state index contributed by atoms with van der Waals surface area (Å²) < 4.78 is 0. The maximum Gasteiger partial charge on any atom is 0.261 e. The monoisotopic (exact) mass is 405 g/mol. The summed E-state index contributed by atoms with van der Waals surface area (Å²) in [5.41, 5.74) is 7.39. The van der Waals surface area contributed by atoms with Crippen LogP contribution in [0.15, 0.2) is 53.5 Å². The molecule has 1 saturated heterocycles. The molecule has 0 bridgehead atoms. The van der Waals surface area contributed by atoms with Crippen molar-refractivity contribution >= 4 is 22.7 Å². The zero-order valence-corrected chi connectivity index (χ0v) is 16.4. The van der Waals surface area contributed by atoms with Crippen molar-refractivity contribution in [1.29, 1.82) is 0 Å². The summed E-state index contributed by atoms with van der Waals surface area (Å²) in [5, 5.41) is 3.75. The highest BCUT2D eigenvalue weighted by atomic mass is 16.2. The number of nitrogens with two attached hydrogens (primary N) is 1. The van der Waals surface area contributed by atoms with Gasteiger partial charge in [0.25, 0.3) is 11.5 Å². The number of para-hydroxylation sites is 1. The number of benzene rings is 1. The minimum Gasteiger partial charge on any atom is -0.368 e. The lowest BCUT2D eigenvalue weighted by Crippen LogP contribution is -2.40. The zero-order valence-electron chi connectivity index (χ0n) is 16.4. The summed E-state index contributed by atoms with van der Waals surface area (Å²) in [4.78, 5) is 45.5. The van der Waals surface area contributed by atoms with Crippen LogP contribution in [0.1, 0.15) is 34.5 Å². The molecule has 0 spiro atoms. The first-order valence-corrected chi connectivity index (χ1v) is 9.89. The van der Waals surface area contributed by atoms with Crippen molar-refractivity contribution in [3.63, 3.8) is 0 Å². The van der Waals surface area contributed by atoms with Crippen LogP contribution in [-0.4, -0.2) is 39.3 Å². The summed E-state index contributed by atoms with van der Waals surface area (Å²) in [6, 6.07) is 12.6. The van der Waals surface area contributed by atoms with E-state index in [0.29, 0.717) is 12.2 Å². The van der Waals surface area contributed by atoms with E-state index >= 15 is 0 Å². The molecule has 4 N–H and O–H groups in total. The number of H-pyrrole nitrogens is 1. The lowest BCUT2D eigenvalue weighted by molar-refractivity contribution is -0.122. The van der Waals surface area contributed by atoms with Crippen LogP contribution in [0.3, 0.4) is 0 Å². The molecule has 3 heterocycles. The van der Waals surface area contributed by atoms with Gasteiger partial charge in [0, 0.05) is 30.4 Å². The number of fused-ring (bicyclic) bond motifs is 1. The van der Waals surface area contributed by atoms with Gasteiger partial charge in [-0.3, -0.25) is 24.3 Å². The topological polar surface area (TPSA) is 121 Å². The van der Waals surface area contributed by atoms with Gasteiger partial charge in [0.05, 0.1) is 11.6 Å². The molecule has 30 heavy (non-hydrogen) atoms. The fourth-order valence-electron chi connectivity index (χ4n) is 3.83. The van der Waals surface area contributed by atoms with Crippen molar-refractivity contribution in [1.82, 2.24) is 20.2 Å². The maximum absolute atomic E-state index is 12.5. The van der Waals surface area contributed by atoms with Crippen molar-refractivity contribution in [2.24, 2.45) is 5.73 Å². The van der Waals surface area contributed by atoms with Gasteiger partial charge < -0.3 is 16.0 Å². The van der Waals surface area contributed by atoms with Gasteiger partial charge >= 0.3 is 0 Å². The summed E-state index contributed by atoms with van der Waals surface area (Å²) >= 11 is 0. The molecule has 8 nitrogen and oxygen atoms in total. The highest BCUT2D eigenvalue weighted by Crippen LogP contribution is 2.19. The molecule has 0 unspecified atom stereocenters. The van der Waals surface area contributed by atoms with E-state index in [1.165, 1.54) is 6.07 Å². The predicted molar refractivity (Wildman–Crippen MR) is 113 cm³/mol. The number of rotatable bonds is 6. The second-order valence-electron chi connectivity index (χ2n) is 7.48. The third-order valence-electron chi connectivity index (χ3n) is 5.38. The average Bonchev–Trinajstić information content (AvgIpc) is 3.20. The quantitative estimate of drug-likeness (QED) is 0.571. The molecule has 2 amide bonds. The van der Waals surface area contributed by atoms with Gasteiger partial charge in [-0.1, -0.05) is 18.2 Å². The standard InChI is InChI=1S/C22H23N5O3/c23-20(28)19-6-3-9-27(19)13-16-7-8-17(22(30)26-16)21(29)25-12-14-10-15-4-1-2-5-18(15)24-11-14/h1-2,4-5,7-8,10-11,19H,3,6,9,12-13H2,(H2,23,28)(H,25,29)(H,26,30)/t19-/m1/s1. The number of nitrogens with one attached hydrogen (secondary N) is 2. The number of primary amides is 1. The average molecular weight is 405 g/mol. The maximum atomic E-state index is 12.5. The van der Waals surface area contributed by atoms with Crippen molar-refractivity contribution in [2.75, 3.05) is 6.54 Å². The van der Waals surface area contributed by atoms with Gasteiger partial charge in [-0.05, 0) is 49.2 Å². The normalized spacial score (nSPS) is 16.6. The molecule has 1 aliphatic rings. The van der Waals surface area contributed by atoms with Gasteiger partial charge in [0.15, 0.2) is 0 Å². The van der Waals surface area contributed by atoms with E-state index in [1.807, 2.05) is 35.2 Å². The minimum absolute atomic E-state index is 0.0420. The van der Waals surface area contributed by atoms with Crippen LogP contribution < -0.4 is 16.6 Å². The second-order valence-corrected chi connectivity index (χ2v) is 7.48. The number of aromatic nitrogens is 2. The molecule has 2 aromatic heterocycles. The number of nitrogens with zero attached hydrogens (tertiary/aromatic N) is 2. The largest absolute Gasteiger partial charge is 0.368 e. The first kappa shape index (κ1) is 19.8. The Kier molecular flexibility index (Phi) is 5.58. The molecule has 1 aromatic carbocycles. The van der Waals surface area contributed by atoms with Crippen LogP contribution in [0.2, 0.25) is 0 Å². The van der Waals surface area contributed by atoms with Crippen molar-refractivity contribution in [3.05, 3.63) is 75.8 Å². The van der Waals surface area contributed by atoms with E-state index in [-0.39, 0.29) is 24.1 Å². The molecule has 0 radical (unpaired) electrons. The summed E-state index contributed by atoms with van der Waals surface area (Å²) in [7, 11) is 0. The highest BCUT2D eigenvalue weighted by molar-refractivity contribution is 5.93. The minimum atomic E-state index is -0.462. The summed E-state index contributed by atoms with van der Waals surface area (Å²) in [6.07, 6.45) is 3.33. The van der Waals surface area contributed by atoms with E-state index in [2.05, 4.69) is 15.3 Å². The van der Waals surface area contributed by atoms with Crippen LogP contribution in [0.4, 0.5) is 0 Å². The molecule has 1 aliphatic heterocycles. The number of carbonyl (C=O) groups is 2. The molecule has 3 aromatic rings. The van der Waals surface area contributed by atoms with E-state index < -0.39 is 11.5 Å². The Labute approximate surface area is 173 Å². The van der Waals surface area contributed by atoms with Crippen LogP contribution in [0.5, 0.6) is 0 Å². The number of carbonyl (C=O) groups excluding carboxylic acids is 2. The highest BCUT2D eigenvalue weighted by Gasteiger charge is 2.29. The number of likely N-dealkylation sites (tertiary alicyclic amines) is 1.